The molecule has 0 radical (unpaired) electrons. The topological polar surface area (TPSA) is 92.1 Å². The lowest BCUT2D eigenvalue weighted by Crippen LogP contribution is -2.32. The maximum atomic E-state index is 12.5. The van der Waals surface area contributed by atoms with E-state index in [1.165, 1.54) is 10.5 Å². The molecule has 1 aliphatic heterocycles. The Hall–Kier alpha value is -0.920. The monoisotopic (exact) mass is 286 g/mol. The summed E-state index contributed by atoms with van der Waals surface area (Å²) >= 11 is 0. The van der Waals surface area contributed by atoms with Crippen molar-refractivity contribution in [2.24, 2.45) is 17.1 Å². The number of sulfonamides is 1. The van der Waals surface area contributed by atoms with Crippen LogP contribution in [0, 0.1) is 11.3 Å². The van der Waals surface area contributed by atoms with Crippen molar-refractivity contribution in [3.63, 3.8) is 0 Å². The maximum absolute atomic E-state index is 12.5. The molecule has 0 saturated carbocycles. The Labute approximate surface area is 114 Å². The van der Waals surface area contributed by atoms with E-state index in [9.17, 15) is 8.42 Å². The molecule has 0 spiro atoms. The minimum Gasteiger partial charge on any atom is -0.326 e. The fourth-order valence-corrected chi connectivity index (χ4v) is 4.07. The molecule has 1 saturated heterocycles. The Balaban J connectivity index is 2.23. The molecular weight excluding hydrogens is 264 g/mol. The summed E-state index contributed by atoms with van der Waals surface area (Å²) in [4.78, 5) is 0. The highest BCUT2D eigenvalue weighted by Crippen LogP contribution is 2.35. The van der Waals surface area contributed by atoms with Gasteiger partial charge in [-0.15, -0.1) is 0 Å². The summed E-state index contributed by atoms with van der Waals surface area (Å²) in [6.45, 7) is 7.74. The zero-order valence-electron chi connectivity index (χ0n) is 11.7. The summed E-state index contributed by atoms with van der Waals surface area (Å²) in [5.41, 5.74) is 6.20. The molecular formula is C12H22N4O2S. The van der Waals surface area contributed by atoms with Crippen LogP contribution in [0.3, 0.4) is 0 Å². The number of nitrogens with two attached hydrogens (primary N) is 1. The van der Waals surface area contributed by atoms with E-state index in [-0.39, 0.29) is 17.0 Å². The van der Waals surface area contributed by atoms with Crippen LogP contribution in [0.5, 0.6) is 0 Å². The lowest BCUT2D eigenvalue weighted by Gasteiger charge is -2.26. The van der Waals surface area contributed by atoms with Crippen LogP contribution in [0.2, 0.25) is 0 Å². The molecule has 108 valence electrons. The van der Waals surface area contributed by atoms with Gasteiger partial charge in [0.15, 0.2) is 5.03 Å². The van der Waals surface area contributed by atoms with Crippen molar-refractivity contribution < 1.29 is 8.42 Å². The molecule has 1 unspecified atom stereocenters. The third-order valence-electron chi connectivity index (χ3n) is 3.87. The van der Waals surface area contributed by atoms with Crippen molar-refractivity contribution in [3.05, 3.63) is 11.8 Å². The predicted octanol–water partition coefficient (Wildman–Crippen LogP) is 0.925. The van der Waals surface area contributed by atoms with E-state index in [4.69, 9.17) is 5.73 Å². The van der Waals surface area contributed by atoms with E-state index in [0.29, 0.717) is 24.6 Å². The van der Waals surface area contributed by atoms with Gasteiger partial charge in [0.25, 0.3) is 10.0 Å². The molecule has 19 heavy (non-hydrogen) atoms. The van der Waals surface area contributed by atoms with E-state index in [2.05, 4.69) is 31.0 Å². The van der Waals surface area contributed by atoms with Crippen LogP contribution in [0.1, 0.15) is 32.8 Å². The van der Waals surface area contributed by atoms with Crippen LogP contribution in [0.25, 0.3) is 0 Å². The highest BCUT2D eigenvalue weighted by molar-refractivity contribution is 7.89. The zero-order chi connectivity index (χ0) is 14.3. The van der Waals surface area contributed by atoms with Gasteiger partial charge in [-0.05, 0) is 17.8 Å². The van der Waals surface area contributed by atoms with Gasteiger partial charge in [0.1, 0.15) is 0 Å². The van der Waals surface area contributed by atoms with Gasteiger partial charge in [-0.25, -0.2) is 8.42 Å². The molecule has 1 aromatic heterocycles. The molecule has 0 aromatic carbocycles. The fourth-order valence-electron chi connectivity index (χ4n) is 2.45. The maximum Gasteiger partial charge on any atom is 0.260 e. The molecule has 2 heterocycles. The van der Waals surface area contributed by atoms with E-state index in [1.807, 2.05) is 0 Å². The van der Waals surface area contributed by atoms with E-state index >= 15 is 0 Å². The summed E-state index contributed by atoms with van der Waals surface area (Å²) in [7, 11) is -3.50. The first-order valence-electron chi connectivity index (χ1n) is 6.49. The molecule has 2 rings (SSSR count). The smallest absolute Gasteiger partial charge is 0.260 e. The van der Waals surface area contributed by atoms with Crippen LogP contribution in [0.15, 0.2) is 11.2 Å². The Morgan fingerprint density at radius 3 is 2.74 bits per heavy atom. The van der Waals surface area contributed by atoms with E-state index in [1.54, 1.807) is 0 Å². The second-order valence-corrected chi connectivity index (χ2v) is 8.02. The highest BCUT2D eigenvalue weighted by atomic mass is 32.2. The van der Waals surface area contributed by atoms with E-state index in [0.717, 1.165) is 6.42 Å². The second kappa shape index (κ2) is 4.88. The SMILES string of the molecule is CC(C)(C)C1CCN(S(=O)(=O)c2[nH]ncc2CN)C1. The van der Waals surface area contributed by atoms with Crippen LogP contribution >= 0.6 is 0 Å². The minimum atomic E-state index is -3.50. The molecule has 3 N–H and O–H groups in total. The van der Waals surface area contributed by atoms with Gasteiger partial charge in [0.2, 0.25) is 0 Å². The molecule has 0 amide bonds. The van der Waals surface area contributed by atoms with Crippen molar-refractivity contribution in [3.8, 4) is 0 Å². The molecule has 1 aromatic rings. The number of nitrogens with zero attached hydrogens (tertiary/aromatic N) is 2. The number of H-pyrrole nitrogens is 1. The first-order chi connectivity index (χ1) is 8.76. The standard InChI is InChI=1S/C12H22N4O2S/c1-12(2,3)10-4-5-16(8-10)19(17,18)11-9(6-13)7-14-15-11/h7,10H,4-6,8,13H2,1-3H3,(H,14,15). The first-order valence-corrected chi connectivity index (χ1v) is 7.93. The van der Waals surface area contributed by atoms with Gasteiger partial charge in [-0.3, -0.25) is 5.10 Å². The lowest BCUT2D eigenvalue weighted by atomic mass is 9.80. The summed E-state index contributed by atoms with van der Waals surface area (Å²) in [5.74, 6) is 0.381. The lowest BCUT2D eigenvalue weighted by molar-refractivity contribution is 0.251. The summed E-state index contributed by atoms with van der Waals surface area (Å²) in [6, 6.07) is 0. The van der Waals surface area contributed by atoms with Crippen molar-refractivity contribution >= 4 is 10.0 Å². The van der Waals surface area contributed by atoms with Crippen molar-refractivity contribution in [1.82, 2.24) is 14.5 Å². The normalized spacial score (nSPS) is 22.0. The Kier molecular flexibility index (Phi) is 3.72. The fraction of sp³-hybridized carbons (Fsp3) is 0.750. The molecule has 0 bridgehead atoms. The van der Waals surface area contributed by atoms with E-state index < -0.39 is 10.0 Å². The van der Waals surface area contributed by atoms with Gasteiger partial charge < -0.3 is 5.73 Å². The molecule has 1 fully saturated rings. The third kappa shape index (κ3) is 2.68. The van der Waals surface area contributed by atoms with Crippen LogP contribution < -0.4 is 5.73 Å². The molecule has 1 aliphatic rings. The van der Waals surface area contributed by atoms with Gasteiger partial charge >= 0.3 is 0 Å². The van der Waals surface area contributed by atoms with Gasteiger partial charge in [-0.1, -0.05) is 20.8 Å². The third-order valence-corrected chi connectivity index (χ3v) is 5.75. The van der Waals surface area contributed by atoms with Gasteiger partial charge in [0, 0.05) is 25.2 Å². The largest absolute Gasteiger partial charge is 0.326 e. The first kappa shape index (κ1) is 14.5. The number of hydrogen-bond donors (Lipinski definition) is 2. The number of nitrogens with one attached hydrogen (secondary N) is 1. The average Bonchev–Trinajstić information content (AvgIpc) is 2.97. The summed E-state index contributed by atoms with van der Waals surface area (Å²) in [6.07, 6.45) is 2.37. The molecule has 1 atom stereocenters. The Bertz CT molecular complexity index is 544. The number of hydrogen-bond acceptors (Lipinski definition) is 4. The van der Waals surface area contributed by atoms with Crippen molar-refractivity contribution in [2.45, 2.75) is 38.8 Å². The van der Waals surface area contributed by atoms with Crippen LogP contribution in [-0.4, -0.2) is 36.0 Å². The Morgan fingerprint density at radius 2 is 2.21 bits per heavy atom. The summed E-state index contributed by atoms with van der Waals surface area (Å²) < 4.78 is 26.6. The summed E-state index contributed by atoms with van der Waals surface area (Å²) in [5, 5.41) is 6.50. The van der Waals surface area contributed by atoms with Crippen molar-refractivity contribution in [2.75, 3.05) is 13.1 Å². The molecule has 7 heteroatoms. The average molecular weight is 286 g/mol. The Morgan fingerprint density at radius 1 is 1.53 bits per heavy atom. The number of aromatic amines is 1. The molecule has 6 nitrogen and oxygen atoms in total. The minimum absolute atomic E-state index is 0.120. The van der Waals surface area contributed by atoms with Crippen molar-refractivity contribution in [1.29, 1.82) is 0 Å². The van der Waals surface area contributed by atoms with Gasteiger partial charge in [-0.2, -0.15) is 9.40 Å². The van der Waals surface area contributed by atoms with Crippen LogP contribution in [0.4, 0.5) is 0 Å². The predicted molar refractivity (Wildman–Crippen MR) is 72.8 cm³/mol. The number of rotatable bonds is 3. The number of aromatic nitrogens is 2. The zero-order valence-corrected chi connectivity index (χ0v) is 12.5. The quantitative estimate of drug-likeness (QED) is 0.864. The van der Waals surface area contributed by atoms with Gasteiger partial charge in [0.05, 0.1) is 6.20 Å². The second-order valence-electron chi connectivity index (χ2n) is 6.14. The van der Waals surface area contributed by atoms with Crippen LogP contribution in [-0.2, 0) is 16.6 Å². The molecule has 0 aliphatic carbocycles. The highest BCUT2D eigenvalue weighted by Gasteiger charge is 2.38.